The minimum absolute atomic E-state index is 0.154. The number of ether oxygens (including phenoxy) is 2. The van der Waals surface area contributed by atoms with Gasteiger partial charge in [0.1, 0.15) is 23.1 Å². The van der Waals surface area contributed by atoms with E-state index in [2.05, 4.69) is 0 Å². The van der Waals surface area contributed by atoms with Gasteiger partial charge in [0.05, 0.1) is 13.2 Å². The van der Waals surface area contributed by atoms with E-state index in [1.807, 2.05) is 0 Å². The van der Waals surface area contributed by atoms with Crippen LogP contribution in [0.1, 0.15) is 13.8 Å². The minimum atomic E-state index is -0.474. The van der Waals surface area contributed by atoms with Crippen molar-refractivity contribution in [2.75, 3.05) is 13.2 Å². The van der Waals surface area contributed by atoms with Crippen LogP contribution in [0.4, 0.5) is 8.78 Å². The van der Waals surface area contributed by atoms with Crippen LogP contribution >= 0.6 is 0 Å². The predicted octanol–water partition coefficient (Wildman–Crippen LogP) is 3.75. The molecule has 0 aliphatic heterocycles. The fourth-order valence-electron chi connectivity index (χ4n) is 1.83. The number of hydrogen-bond donors (Lipinski definition) is 0. The Morgan fingerprint density at radius 1 is 0.739 bits per heavy atom. The summed E-state index contributed by atoms with van der Waals surface area (Å²) >= 11 is 0. The zero-order valence-corrected chi connectivity index (χ0v) is 12.8. The lowest BCUT2D eigenvalue weighted by atomic mass is 10.2. The smallest absolute Gasteiger partial charge is 0.524 e. The van der Waals surface area contributed by atoms with Crippen LogP contribution in [0, 0.1) is 11.6 Å². The van der Waals surface area contributed by atoms with Crippen molar-refractivity contribution in [3.8, 4) is 23.0 Å². The lowest BCUT2D eigenvalue weighted by molar-refractivity contribution is 0.316. The van der Waals surface area contributed by atoms with E-state index in [-0.39, 0.29) is 11.5 Å². The van der Waals surface area contributed by atoms with E-state index in [1.165, 1.54) is 36.4 Å². The third kappa shape index (κ3) is 4.77. The summed E-state index contributed by atoms with van der Waals surface area (Å²) in [7, 11) is 0.967. The average Bonchev–Trinajstić information content (AvgIpc) is 2.53. The monoisotopic (exact) mass is 321 g/mol. The Bertz CT molecular complexity index is 596. The van der Waals surface area contributed by atoms with Gasteiger partial charge >= 0.3 is 7.69 Å². The Hall–Kier alpha value is -2.44. The molecule has 0 spiro atoms. The third-order valence-corrected chi connectivity index (χ3v) is 2.76. The molecule has 0 N–H and O–H groups in total. The van der Waals surface area contributed by atoms with Gasteiger partial charge in [0.2, 0.25) is 0 Å². The first-order chi connectivity index (χ1) is 11.1. The zero-order valence-electron chi connectivity index (χ0n) is 12.8. The Morgan fingerprint density at radius 2 is 1.17 bits per heavy atom. The molecule has 121 valence electrons. The highest BCUT2D eigenvalue weighted by Crippen LogP contribution is 2.30. The van der Waals surface area contributed by atoms with Crippen LogP contribution in [0.2, 0.25) is 0 Å². The summed E-state index contributed by atoms with van der Waals surface area (Å²) in [6.45, 7) is 4.41. The molecule has 2 rings (SSSR count). The van der Waals surface area contributed by atoms with Gasteiger partial charge in [0, 0.05) is 12.1 Å². The molecule has 0 saturated heterocycles. The summed E-state index contributed by atoms with van der Waals surface area (Å²) < 4.78 is 47.8. The van der Waals surface area contributed by atoms with Gasteiger partial charge in [-0.1, -0.05) is 0 Å². The first kappa shape index (κ1) is 16.9. The highest BCUT2D eigenvalue weighted by molar-refractivity contribution is 6.21. The SMILES string of the molecule is CCOc1ccc(F)cc1O[B]Oc1cc(F)ccc1OCC. The van der Waals surface area contributed by atoms with E-state index in [0.29, 0.717) is 24.7 Å². The average molecular weight is 321 g/mol. The summed E-state index contributed by atoms with van der Waals surface area (Å²) in [4.78, 5) is 0. The maximum Gasteiger partial charge on any atom is 0.658 e. The van der Waals surface area contributed by atoms with Gasteiger partial charge in [-0.15, -0.1) is 0 Å². The second-order valence-corrected chi connectivity index (χ2v) is 4.38. The van der Waals surface area contributed by atoms with E-state index in [0.717, 1.165) is 7.69 Å². The molecule has 4 nitrogen and oxygen atoms in total. The van der Waals surface area contributed by atoms with Crippen molar-refractivity contribution in [2.24, 2.45) is 0 Å². The largest absolute Gasteiger partial charge is 0.658 e. The maximum absolute atomic E-state index is 13.3. The molecule has 7 heteroatoms. The van der Waals surface area contributed by atoms with Crippen molar-refractivity contribution in [1.82, 2.24) is 0 Å². The van der Waals surface area contributed by atoms with E-state index in [1.54, 1.807) is 13.8 Å². The van der Waals surface area contributed by atoms with Crippen molar-refractivity contribution < 1.29 is 27.6 Å². The van der Waals surface area contributed by atoms with E-state index in [9.17, 15) is 8.78 Å². The first-order valence-corrected chi connectivity index (χ1v) is 7.13. The molecule has 2 aromatic rings. The number of halogens is 2. The molecule has 0 amide bonds. The zero-order chi connectivity index (χ0) is 16.7. The number of benzene rings is 2. The van der Waals surface area contributed by atoms with Crippen molar-refractivity contribution in [1.29, 1.82) is 0 Å². The van der Waals surface area contributed by atoms with Gasteiger partial charge < -0.3 is 18.8 Å². The molecule has 0 saturated carbocycles. The van der Waals surface area contributed by atoms with E-state index < -0.39 is 11.6 Å². The number of rotatable bonds is 8. The quantitative estimate of drug-likeness (QED) is 0.694. The molecular formula is C16H16BF2O4. The molecular weight excluding hydrogens is 305 g/mol. The van der Waals surface area contributed by atoms with Crippen molar-refractivity contribution in [3.05, 3.63) is 48.0 Å². The Kier molecular flexibility index (Phi) is 6.08. The molecule has 0 aliphatic carbocycles. The molecule has 1 radical (unpaired) electrons. The molecule has 23 heavy (non-hydrogen) atoms. The van der Waals surface area contributed by atoms with Gasteiger partial charge in [-0.3, -0.25) is 0 Å². The maximum atomic E-state index is 13.3. The van der Waals surface area contributed by atoms with Gasteiger partial charge in [-0.2, -0.15) is 0 Å². The summed E-state index contributed by atoms with van der Waals surface area (Å²) in [6, 6.07) is 7.77. The molecule has 0 heterocycles. The minimum Gasteiger partial charge on any atom is -0.524 e. The number of hydrogen-bond acceptors (Lipinski definition) is 4. The van der Waals surface area contributed by atoms with Crippen molar-refractivity contribution in [2.45, 2.75) is 13.8 Å². The lowest BCUT2D eigenvalue weighted by Crippen LogP contribution is -2.13. The van der Waals surface area contributed by atoms with Crippen LogP contribution in [-0.2, 0) is 0 Å². The molecule has 0 aliphatic rings. The molecule has 0 aromatic heterocycles. The van der Waals surface area contributed by atoms with Crippen LogP contribution in [0.15, 0.2) is 36.4 Å². The van der Waals surface area contributed by atoms with Crippen LogP contribution in [0.3, 0.4) is 0 Å². The van der Waals surface area contributed by atoms with Crippen LogP contribution in [0.25, 0.3) is 0 Å². The molecule has 0 bridgehead atoms. The molecule has 0 atom stereocenters. The fraction of sp³-hybridized carbons (Fsp3) is 0.250. The second-order valence-electron chi connectivity index (χ2n) is 4.38. The highest BCUT2D eigenvalue weighted by Gasteiger charge is 2.12. The van der Waals surface area contributed by atoms with Gasteiger partial charge in [0.25, 0.3) is 0 Å². The summed E-state index contributed by atoms with van der Waals surface area (Å²) in [6.07, 6.45) is 0. The Balaban J connectivity index is 2.05. The Morgan fingerprint density at radius 3 is 1.57 bits per heavy atom. The second kappa shape index (κ2) is 8.26. The normalized spacial score (nSPS) is 10.1. The topological polar surface area (TPSA) is 36.9 Å². The summed E-state index contributed by atoms with van der Waals surface area (Å²) in [5.41, 5.74) is 0. The van der Waals surface area contributed by atoms with E-state index >= 15 is 0 Å². The summed E-state index contributed by atoms with van der Waals surface area (Å²) in [5, 5.41) is 0. The lowest BCUT2D eigenvalue weighted by Gasteiger charge is -2.13. The fourth-order valence-corrected chi connectivity index (χ4v) is 1.83. The van der Waals surface area contributed by atoms with Gasteiger partial charge in [0.15, 0.2) is 11.5 Å². The first-order valence-electron chi connectivity index (χ1n) is 7.13. The Labute approximate surface area is 134 Å². The molecule has 2 aromatic carbocycles. The predicted molar refractivity (Wildman–Crippen MR) is 82.1 cm³/mol. The summed E-state index contributed by atoms with van der Waals surface area (Å²) in [5.74, 6) is 0.105. The van der Waals surface area contributed by atoms with Crippen molar-refractivity contribution in [3.63, 3.8) is 0 Å². The van der Waals surface area contributed by atoms with Crippen LogP contribution in [-0.4, -0.2) is 20.9 Å². The van der Waals surface area contributed by atoms with Gasteiger partial charge in [-0.25, -0.2) is 8.78 Å². The third-order valence-electron chi connectivity index (χ3n) is 2.76. The molecule has 0 fully saturated rings. The van der Waals surface area contributed by atoms with Crippen molar-refractivity contribution >= 4 is 7.69 Å². The molecule has 0 unspecified atom stereocenters. The van der Waals surface area contributed by atoms with Gasteiger partial charge in [-0.05, 0) is 38.1 Å². The van der Waals surface area contributed by atoms with Crippen LogP contribution in [0.5, 0.6) is 23.0 Å². The van der Waals surface area contributed by atoms with Crippen LogP contribution < -0.4 is 18.8 Å². The van der Waals surface area contributed by atoms with E-state index in [4.69, 9.17) is 18.8 Å². The highest BCUT2D eigenvalue weighted by atomic mass is 19.1. The standard InChI is InChI=1S/C16H16BF2O4/c1-3-20-13-7-5-11(18)9-15(13)22-17-23-16-10-12(19)6-8-14(16)21-4-2/h5-10H,3-4H2,1-2H3.